The van der Waals surface area contributed by atoms with Crippen molar-refractivity contribution < 1.29 is 20.7 Å². The molecule has 21 heavy (non-hydrogen) atoms. The van der Waals surface area contributed by atoms with Gasteiger partial charge in [-0.15, -0.1) is 0 Å². The molecule has 0 amide bonds. The molecule has 1 fully saturated rings. The summed E-state index contributed by atoms with van der Waals surface area (Å²) in [5.41, 5.74) is 0. The molecule has 0 aromatic carbocycles. The van der Waals surface area contributed by atoms with Crippen molar-refractivity contribution in [3.63, 3.8) is 0 Å². The average Bonchev–Trinajstić information content (AvgIpc) is 2.48. The van der Waals surface area contributed by atoms with E-state index in [2.05, 4.69) is 40.0 Å². The first kappa shape index (κ1) is 19.6. The van der Waals surface area contributed by atoms with E-state index >= 15 is 0 Å². The van der Waals surface area contributed by atoms with Gasteiger partial charge in [0.15, 0.2) is 0 Å². The van der Waals surface area contributed by atoms with Crippen LogP contribution in [0.25, 0.3) is 0 Å². The van der Waals surface area contributed by atoms with E-state index in [0.717, 1.165) is 0 Å². The van der Waals surface area contributed by atoms with Gasteiger partial charge in [-0.05, 0) is 0 Å². The molecule has 1 aliphatic heterocycles. The number of hydrogen-bond donors (Lipinski definition) is 3. The predicted molar refractivity (Wildman–Crippen MR) is 87.1 cm³/mol. The Morgan fingerprint density at radius 1 is 0.476 bits per heavy atom. The van der Waals surface area contributed by atoms with Crippen molar-refractivity contribution in [3.8, 4) is 0 Å². The summed E-state index contributed by atoms with van der Waals surface area (Å²) in [6.45, 7) is 9.59. The van der Waals surface area contributed by atoms with Crippen LogP contribution in [0.1, 0.15) is 51.4 Å². The first-order valence-corrected chi connectivity index (χ1v) is 9.68. The Morgan fingerprint density at radius 2 is 0.762 bits per heavy atom. The standard InChI is InChI=1S/C16H35N4.Ti/c1-2-10-18-12-5-6-14-20-16-8-7-15-19-13-4-3-11-17-9-1;/h17-19H,1-16H2;/q-1;+1. The minimum absolute atomic E-state index is 1.18. The quantitative estimate of drug-likeness (QED) is 0.591. The third-order valence-electron chi connectivity index (χ3n) is 3.98. The van der Waals surface area contributed by atoms with E-state index in [4.69, 9.17) is 0 Å². The van der Waals surface area contributed by atoms with Crippen LogP contribution in [-0.2, 0) is 20.7 Å². The summed E-state index contributed by atoms with van der Waals surface area (Å²) in [6, 6.07) is 0. The maximum absolute atomic E-state index is 3.57. The van der Waals surface area contributed by atoms with Gasteiger partial charge in [-0.1, -0.05) is 0 Å². The van der Waals surface area contributed by atoms with E-state index in [-0.39, 0.29) is 0 Å². The summed E-state index contributed by atoms with van der Waals surface area (Å²) < 4.78 is 2.49. The van der Waals surface area contributed by atoms with Gasteiger partial charge in [-0.25, -0.2) is 0 Å². The Morgan fingerprint density at radius 3 is 1.10 bits per heavy atom. The average molecular weight is 331 g/mol. The molecule has 0 unspecified atom stereocenters. The summed E-state index contributed by atoms with van der Waals surface area (Å²) in [5.74, 6) is 0. The first-order valence-electron chi connectivity index (χ1n) is 8.98. The van der Waals surface area contributed by atoms with Gasteiger partial charge in [-0.3, -0.25) is 0 Å². The summed E-state index contributed by atoms with van der Waals surface area (Å²) in [7, 11) is 0. The molecular formula is C16H35N4Ti. The SMILES string of the molecule is [Ti][N]1CCCCNCCCCNCCCCNCCCC1. The summed E-state index contributed by atoms with van der Waals surface area (Å²) >= 11 is 2.26. The second-order valence-electron chi connectivity index (χ2n) is 6.07. The summed E-state index contributed by atoms with van der Waals surface area (Å²) in [5, 5.41) is 10.7. The van der Waals surface area contributed by atoms with Crippen molar-refractivity contribution >= 4 is 0 Å². The molecule has 0 radical (unpaired) electrons. The monoisotopic (exact) mass is 331 g/mol. The zero-order valence-electron chi connectivity index (χ0n) is 13.8. The fourth-order valence-corrected chi connectivity index (χ4v) is 3.09. The molecule has 0 aromatic rings. The summed E-state index contributed by atoms with van der Waals surface area (Å²) in [6.07, 6.45) is 10.5. The van der Waals surface area contributed by atoms with Gasteiger partial charge >= 0.3 is 144 Å². The molecule has 0 spiro atoms. The van der Waals surface area contributed by atoms with Crippen LogP contribution in [0.2, 0.25) is 0 Å². The normalized spacial score (nSPS) is 24.3. The second kappa shape index (κ2) is 15.4. The van der Waals surface area contributed by atoms with Gasteiger partial charge in [0.1, 0.15) is 0 Å². The van der Waals surface area contributed by atoms with Crippen molar-refractivity contribution in [3.05, 3.63) is 0 Å². The zero-order valence-corrected chi connectivity index (χ0v) is 15.3. The van der Waals surface area contributed by atoms with Gasteiger partial charge in [0.2, 0.25) is 0 Å². The Hall–Kier alpha value is 0.554. The molecule has 3 N–H and O–H groups in total. The van der Waals surface area contributed by atoms with Gasteiger partial charge in [0.25, 0.3) is 0 Å². The second-order valence-corrected chi connectivity index (χ2v) is 7.05. The predicted octanol–water partition coefficient (Wildman–Crippen LogP) is 1.65. The van der Waals surface area contributed by atoms with Crippen LogP contribution in [0.5, 0.6) is 0 Å². The molecule has 1 rings (SSSR count). The van der Waals surface area contributed by atoms with Crippen LogP contribution in [-0.4, -0.2) is 55.7 Å². The molecule has 123 valence electrons. The van der Waals surface area contributed by atoms with E-state index in [0.29, 0.717) is 0 Å². The topological polar surface area (TPSA) is 39.3 Å². The third-order valence-corrected chi connectivity index (χ3v) is 4.68. The van der Waals surface area contributed by atoms with Gasteiger partial charge in [0, 0.05) is 0 Å². The summed E-state index contributed by atoms with van der Waals surface area (Å²) in [4.78, 5) is 0. The first-order chi connectivity index (χ1) is 10.4. The molecule has 0 aliphatic carbocycles. The molecule has 1 saturated heterocycles. The molecule has 1 aliphatic rings. The number of nitrogens with one attached hydrogen (secondary N) is 3. The molecule has 5 heteroatoms. The van der Waals surface area contributed by atoms with E-state index in [9.17, 15) is 0 Å². The zero-order chi connectivity index (χ0) is 15.0. The van der Waals surface area contributed by atoms with Gasteiger partial charge in [-0.2, -0.15) is 0 Å². The fraction of sp³-hybridized carbons (Fsp3) is 1.00. The molecule has 0 bridgehead atoms. The van der Waals surface area contributed by atoms with E-state index < -0.39 is 0 Å². The van der Waals surface area contributed by atoms with Crippen molar-refractivity contribution in [2.75, 3.05) is 52.4 Å². The minimum atomic E-state index is 1.18. The molecule has 4 nitrogen and oxygen atoms in total. The van der Waals surface area contributed by atoms with Crippen LogP contribution in [0.15, 0.2) is 0 Å². The van der Waals surface area contributed by atoms with Crippen LogP contribution in [0.4, 0.5) is 0 Å². The van der Waals surface area contributed by atoms with Gasteiger partial charge < -0.3 is 0 Å². The number of hydrogen-bond acceptors (Lipinski definition) is 4. The molecule has 0 saturated carbocycles. The van der Waals surface area contributed by atoms with E-state index in [1.807, 2.05) is 0 Å². The fourth-order valence-electron chi connectivity index (χ4n) is 2.59. The van der Waals surface area contributed by atoms with Crippen molar-refractivity contribution in [1.29, 1.82) is 0 Å². The van der Waals surface area contributed by atoms with Crippen LogP contribution < -0.4 is 16.0 Å². The number of rotatable bonds is 0. The Labute approximate surface area is 143 Å². The van der Waals surface area contributed by atoms with E-state index in [1.54, 1.807) is 0 Å². The molecule has 1 heterocycles. The molecule has 0 atom stereocenters. The third kappa shape index (κ3) is 13.9. The van der Waals surface area contributed by atoms with Crippen LogP contribution in [0.3, 0.4) is 0 Å². The Kier molecular flexibility index (Phi) is 14.4. The molecular weight excluding hydrogens is 296 g/mol. The maximum atomic E-state index is 3.57. The van der Waals surface area contributed by atoms with Gasteiger partial charge in [0.05, 0.1) is 0 Å². The Balaban J connectivity index is 2.08. The van der Waals surface area contributed by atoms with Crippen molar-refractivity contribution in [2.45, 2.75) is 51.4 Å². The van der Waals surface area contributed by atoms with E-state index in [1.165, 1.54) is 104 Å². The van der Waals surface area contributed by atoms with Crippen molar-refractivity contribution in [2.24, 2.45) is 0 Å². The molecule has 0 aromatic heterocycles. The Bertz CT molecular complexity index is 196. The van der Waals surface area contributed by atoms with Crippen LogP contribution >= 0.6 is 0 Å². The van der Waals surface area contributed by atoms with Crippen molar-refractivity contribution in [1.82, 2.24) is 19.3 Å². The number of nitrogens with zero attached hydrogens (tertiary/aromatic N) is 1. The van der Waals surface area contributed by atoms with Crippen LogP contribution in [0, 0.1) is 0 Å².